The van der Waals surface area contributed by atoms with Crippen LogP contribution in [0.1, 0.15) is 59.4 Å². The van der Waals surface area contributed by atoms with E-state index in [1.54, 1.807) is 0 Å². The van der Waals surface area contributed by atoms with Crippen LogP contribution in [0.25, 0.3) is 0 Å². The predicted octanol–water partition coefficient (Wildman–Crippen LogP) is 3.33. The highest BCUT2D eigenvalue weighted by atomic mass is 16.3. The Morgan fingerprint density at radius 2 is 1.72 bits per heavy atom. The van der Waals surface area contributed by atoms with Crippen molar-refractivity contribution in [2.24, 2.45) is 10.8 Å². The standard InChI is InChI=1S/C15H26N2O/c1-6-17-8-12(7-16-17)15(18)10-13(2,3)9-14(4,5)11-15/h7-8,18H,6,9-11H2,1-5H3. The molecule has 18 heavy (non-hydrogen) atoms. The van der Waals surface area contributed by atoms with Crippen LogP contribution in [0.15, 0.2) is 12.4 Å². The molecule has 1 aliphatic rings. The minimum Gasteiger partial charge on any atom is -0.385 e. The highest BCUT2D eigenvalue weighted by molar-refractivity contribution is 5.18. The Hall–Kier alpha value is -0.830. The first-order valence-electron chi connectivity index (χ1n) is 6.91. The molecule has 1 aromatic heterocycles. The molecule has 1 N–H and O–H groups in total. The Morgan fingerprint density at radius 1 is 1.17 bits per heavy atom. The summed E-state index contributed by atoms with van der Waals surface area (Å²) in [5.41, 5.74) is 0.596. The molecule has 0 atom stereocenters. The molecule has 0 unspecified atom stereocenters. The molecule has 0 saturated heterocycles. The normalized spacial score (nSPS) is 25.0. The number of hydrogen-bond acceptors (Lipinski definition) is 2. The molecule has 3 heteroatoms. The van der Waals surface area contributed by atoms with Gasteiger partial charge in [0.25, 0.3) is 0 Å². The van der Waals surface area contributed by atoms with Crippen molar-refractivity contribution in [1.29, 1.82) is 0 Å². The summed E-state index contributed by atoms with van der Waals surface area (Å²) < 4.78 is 1.89. The minimum atomic E-state index is -0.724. The molecule has 0 bridgehead atoms. The monoisotopic (exact) mass is 250 g/mol. The van der Waals surface area contributed by atoms with Gasteiger partial charge in [-0.05, 0) is 37.0 Å². The lowest BCUT2D eigenvalue weighted by Gasteiger charge is -2.49. The summed E-state index contributed by atoms with van der Waals surface area (Å²) in [4.78, 5) is 0. The summed E-state index contributed by atoms with van der Waals surface area (Å²) in [7, 11) is 0. The molecular weight excluding hydrogens is 224 g/mol. The Labute approximate surface area is 110 Å². The Morgan fingerprint density at radius 3 is 2.17 bits per heavy atom. The fourth-order valence-corrected chi connectivity index (χ4v) is 4.05. The fraction of sp³-hybridized carbons (Fsp3) is 0.800. The first-order chi connectivity index (χ1) is 8.16. The summed E-state index contributed by atoms with van der Waals surface area (Å²) in [6.07, 6.45) is 6.63. The lowest BCUT2D eigenvalue weighted by molar-refractivity contribution is -0.0913. The largest absolute Gasteiger partial charge is 0.385 e. The number of aliphatic hydroxyl groups is 1. The second-order valence-electron chi connectivity index (χ2n) is 7.48. The molecule has 0 aliphatic heterocycles. The van der Waals surface area contributed by atoms with E-state index in [1.807, 2.05) is 17.1 Å². The molecule has 0 spiro atoms. The third-order valence-electron chi connectivity index (χ3n) is 3.99. The molecular formula is C15H26N2O. The van der Waals surface area contributed by atoms with Crippen molar-refractivity contribution in [2.45, 2.75) is 66.0 Å². The van der Waals surface area contributed by atoms with Crippen LogP contribution in [0.4, 0.5) is 0 Å². The highest BCUT2D eigenvalue weighted by Crippen LogP contribution is 2.53. The van der Waals surface area contributed by atoms with E-state index in [9.17, 15) is 5.11 Å². The van der Waals surface area contributed by atoms with Crippen LogP contribution in [0, 0.1) is 10.8 Å². The molecule has 1 heterocycles. The maximum Gasteiger partial charge on any atom is 0.0937 e. The minimum absolute atomic E-state index is 0.171. The van der Waals surface area contributed by atoms with Crippen molar-refractivity contribution >= 4 is 0 Å². The summed E-state index contributed by atoms with van der Waals surface area (Å²) in [6.45, 7) is 11.9. The van der Waals surface area contributed by atoms with Gasteiger partial charge >= 0.3 is 0 Å². The van der Waals surface area contributed by atoms with Gasteiger partial charge < -0.3 is 5.11 Å². The zero-order chi connectivity index (χ0) is 13.6. The Balaban J connectivity index is 2.34. The Bertz CT molecular complexity index is 415. The van der Waals surface area contributed by atoms with Gasteiger partial charge in [0, 0.05) is 18.3 Å². The van der Waals surface area contributed by atoms with Crippen molar-refractivity contribution in [3.8, 4) is 0 Å². The van der Waals surface area contributed by atoms with Crippen LogP contribution in [-0.4, -0.2) is 14.9 Å². The van der Waals surface area contributed by atoms with Gasteiger partial charge in [-0.1, -0.05) is 27.7 Å². The number of nitrogens with zero attached hydrogens (tertiary/aromatic N) is 2. The van der Waals surface area contributed by atoms with Crippen molar-refractivity contribution in [3.63, 3.8) is 0 Å². The summed E-state index contributed by atoms with van der Waals surface area (Å²) in [5.74, 6) is 0. The van der Waals surface area contributed by atoms with E-state index >= 15 is 0 Å². The number of aromatic nitrogens is 2. The third kappa shape index (κ3) is 2.61. The lowest BCUT2D eigenvalue weighted by atomic mass is 9.58. The number of aryl methyl sites for hydroxylation is 1. The molecule has 2 rings (SSSR count). The van der Waals surface area contributed by atoms with Gasteiger partial charge in [0.1, 0.15) is 0 Å². The van der Waals surface area contributed by atoms with E-state index in [0.717, 1.165) is 31.4 Å². The molecule has 3 nitrogen and oxygen atoms in total. The second-order valence-corrected chi connectivity index (χ2v) is 7.48. The van der Waals surface area contributed by atoms with Crippen LogP contribution >= 0.6 is 0 Å². The van der Waals surface area contributed by atoms with Gasteiger partial charge in [0.2, 0.25) is 0 Å². The average Bonchev–Trinajstić information content (AvgIpc) is 2.59. The van der Waals surface area contributed by atoms with Gasteiger partial charge in [0.15, 0.2) is 0 Å². The summed E-state index contributed by atoms with van der Waals surface area (Å²) in [6, 6.07) is 0. The van der Waals surface area contributed by atoms with Crippen LogP contribution in [0.2, 0.25) is 0 Å². The van der Waals surface area contributed by atoms with Gasteiger partial charge in [-0.15, -0.1) is 0 Å². The fourth-order valence-electron chi connectivity index (χ4n) is 4.05. The van der Waals surface area contributed by atoms with E-state index in [0.29, 0.717) is 0 Å². The lowest BCUT2D eigenvalue weighted by Crippen LogP contribution is -2.44. The smallest absolute Gasteiger partial charge is 0.0937 e. The van der Waals surface area contributed by atoms with Gasteiger partial charge in [-0.3, -0.25) is 4.68 Å². The predicted molar refractivity (Wildman–Crippen MR) is 73.2 cm³/mol. The summed E-state index contributed by atoms with van der Waals surface area (Å²) >= 11 is 0. The SMILES string of the molecule is CCn1cc(C2(O)CC(C)(C)CC(C)(C)C2)cn1. The maximum atomic E-state index is 11.1. The number of hydrogen-bond donors (Lipinski definition) is 1. The Kier molecular flexibility index (Phi) is 3.09. The molecule has 1 aromatic rings. The van der Waals surface area contributed by atoms with Crippen LogP contribution < -0.4 is 0 Å². The molecule has 0 aromatic carbocycles. The highest BCUT2D eigenvalue weighted by Gasteiger charge is 2.47. The maximum absolute atomic E-state index is 11.1. The van der Waals surface area contributed by atoms with Crippen LogP contribution in [0.3, 0.4) is 0 Å². The molecule has 0 radical (unpaired) electrons. The van der Waals surface area contributed by atoms with E-state index in [1.165, 1.54) is 0 Å². The quantitative estimate of drug-likeness (QED) is 0.874. The third-order valence-corrected chi connectivity index (χ3v) is 3.99. The zero-order valence-corrected chi connectivity index (χ0v) is 12.3. The van der Waals surface area contributed by atoms with Crippen molar-refractivity contribution in [2.75, 3.05) is 0 Å². The van der Waals surface area contributed by atoms with Gasteiger partial charge in [-0.25, -0.2) is 0 Å². The van der Waals surface area contributed by atoms with Crippen LogP contribution in [0.5, 0.6) is 0 Å². The summed E-state index contributed by atoms with van der Waals surface area (Å²) in [5, 5.41) is 15.4. The van der Waals surface area contributed by atoms with Crippen molar-refractivity contribution in [3.05, 3.63) is 18.0 Å². The van der Waals surface area contributed by atoms with E-state index in [4.69, 9.17) is 0 Å². The molecule has 1 fully saturated rings. The zero-order valence-electron chi connectivity index (χ0n) is 12.3. The average molecular weight is 250 g/mol. The first-order valence-corrected chi connectivity index (χ1v) is 6.91. The van der Waals surface area contributed by atoms with Gasteiger partial charge in [-0.2, -0.15) is 5.10 Å². The topological polar surface area (TPSA) is 38.0 Å². The van der Waals surface area contributed by atoms with E-state index in [-0.39, 0.29) is 10.8 Å². The molecule has 0 amide bonds. The van der Waals surface area contributed by atoms with E-state index < -0.39 is 5.60 Å². The first kappa shape index (κ1) is 13.6. The van der Waals surface area contributed by atoms with Gasteiger partial charge in [0.05, 0.1) is 11.8 Å². The molecule has 102 valence electrons. The van der Waals surface area contributed by atoms with E-state index in [2.05, 4.69) is 39.7 Å². The number of rotatable bonds is 2. The second kappa shape index (κ2) is 4.09. The van der Waals surface area contributed by atoms with Crippen molar-refractivity contribution in [1.82, 2.24) is 9.78 Å². The molecule has 1 saturated carbocycles. The van der Waals surface area contributed by atoms with Crippen molar-refractivity contribution < 1.29 is 5.11 Å². The molecule has 1 aliphatic carbocycles. The van der Waals surface area contributed by atoms with Crippen LogP contribution in [-0.2, 0) is 12.1 Å².